The van der Waals surface area contributed by atoms with Crippen LogP contribution >= 0.6 is 0 Å². The van der Waals surface area contributed by atoms with Crippen molar-refractivity contribution in [2.45, 2.75) is 5.41 Å². The van der Waals surface area contributed by atoms with Gasteiger partial charge in [-0.25, -0.2) is 0 Å². The largest absolute Gasteiger partial charge is 0.309 e. The van der Waals surface area contributed by atoms with Gasteiger partial charge in [0.15, 0.2) is 0 Å². The first-order valence-corrected chi connectivity index (χ1v) is 19.8. The maximum Gasteiger partial charge on any atom is 0.0713 e. The van der Waals surface area contributed by atoms with E-state index in [1.807, 2.05) is 0 Å². The second kappa shape index (κ2) is 12.3. The van der Waals surface area contributed by atoms with Crippen LogP contribution in [0.2, 0.25) is 0 Å². The third-order valence-electron chi connectivity index (χ3n) is 12.4. The molecule has 0 amide bonds. The summed E-state index contributed by atoms with van der Waals surface area (Å²) >= 11 is 0. The minimum atomic E-state index is -0.421. The average molecular weight is 725 g/mol. The van der Waals surface area contributed by atoms with Crippen LogP contribution < -0.4 is 0 Å². The standard InChI is InChI=1S/C55H36N2/c1-3-15-39(16-4-1)55(49-23-11-7-19-43(49)44-20-8-12-24-50(44)55)40-29-31-42(32-30-40)56-52-26-14-10-22-46(52)48-35-37(28-34-53(48)56)38-27-33-47-45-21-9-13-25-51(45)57(54(47)36-38)41-17-5-2-6-18-41/h1-36H. The summed E-state index contributed by atoms with van der Waals surface area (Å²) in [7, 11) is 0. The molecular formula is C55H36N2. The minimum absolute atomic E-state index is 0.421. The summed E-state index contributed by atoms with van der Waals surface area (Å²) < 4.78 is 4.83. The summed E-state index contributed by atoms with van der Waals surface area (Å²) in [6.45, 7) is 0. The molecule has 266 valence electrons. The molecule has 9 aromatic carbocycles. The Labute approximate surface area is 331 Å². The fourth-order valence-corrected chi connectivity index (χ4v) is 10.0. The molecular weight excluding hydrogens is 689 g/mol. The van der Waals surface area contributed by atoms with Gasteiger partial charge in [0, 0.05) is 32.9 Å². The SMILES string of the molecule is c1ccc(-n2c3ccccc3c3ccc(-c4ccc5c(c4)c4ccccc4n5-c4ccc(C5(c6ccccc6)c6ccccc6-c6ccccc65)cc4)cc32)cc1. The Hall–Kier alpha value is -7.42. The number of benzene rings is 9. The van der Waals surface area contributed by atoms with Crippen molar-refractivity contribution in [1.82, 2.24) is 9.13 Å². The Bertz CT molecular complexity index is 3280. The molecule has 11 aromatic rings. The molecule has 0 saturated carbocycles. The maximum atomic E-state index is 2.43. The van der Waals surface area contributed by atoms with E-state index in [2.05, 4.69) is 228 Å². The van der Waals surface area contributed by atoms with Gasteiger partial charge in [0.05, 0.1) is 27.5 Å². The molecule has 0 radical (unpaired) electrons. The van der Waals surface area contributed by atoms with Crippen LogP contribution in [0.3, 0.4) is 0 Å². The quantitative estimate of drug-likeness (QED) is 0.167. The maximum absolute atomic E-state index is 2.43. The number of nitrogens with zero attached hydrogens (tertiary/aromatic N) is 2. The van der Waals surface area contributed by atoms with E-state index >= 15 is 0 Å². The third kappa shape index (κ3) is 4.53. The van der Waals surface area contributed by atoms with Crippen molar-refractivity contribution in [3.63, 3.8) is 0 Å². The first-order valence-electron chi connectivity index (χ1n) is 19.8. The Morgan fingerprint density at radius 1 is 0.281 bits per heavy atom. The smallest absolute Gasteiger partial charge is 0.0713 e. The van der Waals surface area contributed by atoms with Crippen LogP contribution in [0.1, 0.15) is 22.3 Å². The zero-order valence-electron chi connectivity index (χ0n) is 31.2. The van der Waals surface area contributed by atoms with E-state index in [1.165, 1.54) is 93.8 Å². The molecule has 57 heavy (non-hydrogen) atoms. The Morgan fingerprint density at radius 2 is 0.737 bits per heavy atom. The molecule has 0 unspecified atom stereocenters. The molecule has 2 heteroatoms. The lowest BCUT2D eigenvalue weighted by atomic mass is 9.68. The Kier molecular flexibility index (Phi) is 6.88. The Morgan fingerprint density at radius 3 is 1.42 bits per heavy atom. The van der Waals surface area contributed by atoms with Crippen LogP contribution in [0.15, 0.2) is 218 Å². The summed E-state index contributed by atoms with van der Waals surface area (Å²) in [4.78, 5) is 0. The highest BCUT2D eigenvalue weighted by atomic mass is 15.0. The molecule has 1 aliphatic carbocycles. The number of fused-ring (bicyclic) bond motifs is 9. The molecule has 0 atom stereocenters. The highest BCUT2D eigenvalue weighted by Crippen LogP contribution is 2.56. The van der Waals surface area contributed by atoms with Gasteiger partial charge in [-0.2, -0.15) is 0 Å². The van der Waals surface area contributed by atoms with Gasteiger partial charge in [-0.1, -0.05) is 164 Å². The zero-order valence-corrected chi connectivity index (χ0v) is 31.2. The van der Waals surface area contributed by atoms with Gasteiger partial charge >= 0.3 is 0 Å². The van der Waals surface area contributed by atoms with E-state index in [1.54, 1.807) is 0 Å². The summed E-state index contributed by atoms with van der Waals surface area (Å²) in [6, 6.07) is 80.5. The number of hydrogen-bond acceptors (Lipinski definition) is 0. The van der Waals surface area contributed by atoms with E-state index < -0.39 is 5.41 Å². The monoisotopic (exact) mass is 724 g/mol. The molecule has 1 aliphatic rings. The normalized spacial score (nSPS) is 13.1. The molecule has 2 heterocycles. The summed E-state index contributed by atoms with van der Waals surface area (Å²) in [6.07, 6.45) is 0. The van der Waals surface area contributed by atoms with Crippen LogP contribution in [-0.2, 0) is 5.41 Å². The molecule has 0 N–H and O–H groups in total. The highest BCUT2D eigenvalue weighted by Gasteiger charge is 2.45. The molecule has 12 rings (SSSR count). The van der Waals surface area contributed by atoms with E-state index in [0.29, 0.717) is 0 Å². The Balaban J connectivity index is 1.02. The van der Waals surface area contributed by atoms with Crippen molar-refractivity contribution in [3.8, 4) is 33.6 Å². The van der Waals surface area contributed by atoms with Crippen LogP contribution in [-0.4, -0.2) is 9.13 Å². The molecule has 0 spiro atoms. The second-order valence-corrected chi connectivity index (χ2v) is 15.3. The van der Waals surface area contributed by atoms with Gasteiger partial charge < -0.3 is 9.13 Å². The van der Waals surface area contributed by atoms with Gasteiger partial charge in [-0.15, -0.1) is 0 Å². The molecule has 0 fully saturated rings. The lowest BCUT2D eigenvalue weighted by Crippen LogP contribution is -2.28. The van der Waals surface area contributed by atoms with Gasteiger partial charge in [0.25, 0.3) is 0 Å². The van der Waals surface area contributed by atoms with Crippen molar-refractivity contribution in [2.75, 3.05) is 0 Å². The summed E-state index contributed by atoms with van der Waals surface area (Å²) in [5.41, 5.74) is 16.9. The summed E-state index contributed by atoms with van der Waals surface area (Å²) in [5.74, 6) is 0. The number of para-hydroxylation sites is 3. The predicted octanol–water partition coefficient (Wildman–Crippen LogP) is 13.9. The van der Waals surface area contributed by atoms with Crippen molar-refractivity contribution >= 4 is 43.6 Å². The minimum Gasteiger partial charge on any atom is -0.309 e. The van der Waals surface area contributed by atoms with E-state index in [9.17, 15) is 0 Å². The van der Waals surface area contributed by atoms with Crippen molar-refractivity contribution in [2.24, 2.45) is 0 Å². The predicted molar refractivity (Wildman–Crippen MR) is 238 cm³/mol. The lowest BCUT2D eigenvalue weighted by molar-refractivity contribution is 0.768. The fourth-order valence-electron chi connectivity index (χ4n) is 10.0. The first-order chi connectivity index (χ1) is 28.3. The van der Waals surface area contributed by atoms with Crippen LogP contribution in [0.5, 0.6) is 0 Å². The average Bonchev–Trinajstić information content (AvgIpc) is 3.91. The molecule has 0 aliphatic heterocycles. The number of rotatable bonds is 5. The second-order valence-electron chi connectivity index (χ2n) is 15.3. The highest BCUT2D eigenvalue weighted by molar-refractivity contribution is 6.12. The van der Waals surface area contributed by atoms with Gasteiger partial charge in [-0.05, 0) is 99.1 Å². The van der Waals surface area contributed by atoms with Crippen molar-refractivity contribution in [3.05, 3.63) is 241 Å². The molecule has 2 nitrogen and oxygen atoms in total. The third-order valence-corrected chi connectivity index (χ3v) is 12.4. The van der Waals surface area contributed by atoms with Crippen LogP contribution in [0.4, 0.5) is 0 Å². The lowest BCUT2D eigenvalue weighted by Gasteiger charge is -2.34. The number of hydrogen-bond donors (Lipinski definition) is 0. The van der Waals surface area contributed by atoms with Crippen molar-refractivity contribution in [1.29, 1.82) is 0 Å². The van der Waals surface area contributed by atoms with Gasteiger partial charge in [0.1, 0.15) is 0 Å². The molecule has 0 saturated heterocycles. The van der Waals surface area contributed by atoms with E-state index in [4.69, 9.17) is 0 Å². The van der Waals surface area contributed by atoms with Crippen LogP contribution in [0.25, 0.3) is 77.2 Å². The zero-order chi connectivity index (χ0) is 37.5. The van der Waals surface area contributed by atoms with Crippen molar-refractivity contribution < 1.29 is 0 Å². The van der Waals surface area contributed by atoms with Crippen LogP contribution in [0, 0.1) is 0 Å². The van der Waals surface area contributed by atoms with Gasteiger partial charge in [0.2, 0.25) is 0 Å². The molecule has 2 aromatic heterocycles. The fraction of sp³-hybridized carbons (Fsp3) is 0.0182. The topological polar surface area (TPSA) is 9.86 Å². The van der Waals surface area contributed by atoms with E-state index in [-0.39, 0.29) is 0 Å². The summed E-state index contributed by atoms with van der Waals surface area (Å²) in [5, 5.41) is 5.02. The molecule has 0 bridgehead atoms. The first kappa shape index (κ1) is 31.9. The van der Waals surface area contributed by atoms with E-state index in [0.717, 1.165) is 5.69 Å². The number of aromatic nitrogens is 2. The van der Waals surface area contributed by atoms with Gasteiger partial charge in [-0.3, -0.25) is 0 Å².